The predicted molar refractivity (Wildman–Crippen MR) is 138 cm³/mol. The molecule has 0 unspecified atom stereocenters. The summed E-state index contributed by atoms with van der Waals surface area (Å²) in [5.74, 6) is 1.85. The lowest BCUT2D eigenvalue weighted by Crippen LogP contribution is -2.54. The third-order valence-electron chi connectivity index (χ3n) is 7.54. The molecule has 2 fully saturated rings. The molecule has 0 aliphatic carbocycles. The van der Waals surface area contributed by atoms with Crippen LogP contribution < -0.4 is 9.80 Å². The highest BCUT2D eigenvalue weighted by Gasteiger charge is 2.25. The van der Waals surface area contributed by atoms with Crippen LogP contribution in [-0.2, 0) is 0 Å². The summed E-state index contributed by atoms with van der Waals surface area (Å²) in [6.45, 7) is 9.22. The van der Waals surface area contributed by atoms with Crippen LogP contribution in [0.15, 0.2) is 65.1 Å². The lowest BCUT2D eigenvalue weighted by molar-refractivity contribution is -0.890. The van der Waals surface area contributed by atoms with Crippen LogP contribution in [0.5, 0.6) is 0 Å². The van der Waals surface area contributed by atoms with Gasteiger partial charge < -0.3 is 23.2 Å². The predicted octanol–water partition coefficient (Wildman–Crippen LogP) is 4.41. The van der Waals surface area contributed by atoms with Gasteiger partial charge in [-0.1, -0.05) is 0 Å². The minimum atomic E-state index is 0.924. The number of furan rings is 1. The van der Waals surface area contributed by atoms with Gasteiger partial charge in [0.1, 0.15) is 11.5 Å². The first-order chi connectivity index (χ1) is 15.8. The lowest BCUT2D eigenvalue weighted by atomic mass is 10.1. The van der Waals surface area contributed by atoms with Gasteiger partial charge in [-0.25, -0.2) is 0 Å². The van der Waals surface area contributed by atoms with E-state index in [0.717, 1.165) is 57.8 Å². The maximum absolute atomic E-state index is 6.25. The molecule has 0 amide bonds. The van der Waals surface area contributed by atoms with E-state index in [0.29, 0.717) is 0 Å². The van der Waals surface area contributed by atoms with Gasteiger partial charge in [0.2, 0.25) is 0 Å². The number of benzene rings is 2. The molecule has 2 saturated heterocycles. The average Bonchev–Trinajstić information content (AvgIpc) is 3.30. The number of piperazine rings is 2. The van der Waals surface area contributed by atoms with Gasteiger partial charge in [0.25, 0.3) is 0 Å². The van der Waals surface area contributed by atoms with E-state index < -0.39 is 0 Å². The van der Waals surface area contributed by atoms with Crippen molar-refractivity contribution in [3.8, 4) is 22.6 Å². The number of nitrogens with zero attached hydrogens (tertiary/aromatic N) is 4. The molecule has 0 N–H and O–H groups in total. The second-order valence-electron chi connectivity index (χ2n) is 11.0. The van der Waals surface area contributed by atoms with Crippen molar-refractivity contribution in [3.63, 3.8) is 0 Å². The monoisotopic (exact) mass is 446 g/mol. The van der Waals surface area contributed by atoms with E-state index in [1.54, 1.807) is 0 Å². The van der Waals surface area contributed by atoms with Crippen LogP contribution in [0.25, 0.3) is 22.6 Å². The Morgan fingerprint density at radius 2 is 0.848 bits per heavy atom. The van der Waals surface area contributed by atoms with Gasteiger partial charge in [-0.05, 0) is 60.7 Å². The number of anilines is 2. The first kappa shape index (κ1) is 22.1. The number of hydrogen-bond donors (Lipinski definition) is 0. The molecule has 2 aliphatic heterocycles. The minimum absolute atomic E-state index is 0.924. The van der Waals surface area contributed by atoms with Gasteiger partial charge in [-0.3, -0.25) is 0 Å². The Morgan fingerprint density at radius 1 is 0.515 bits per heavy atom. The molecule has 0 bridgehead atoms. The zero-order valence-electron chi connectivity index (χ0n) is 20.6. The average molecular weight is 447 g/mol. The van der Waals surface area contributed by atoms with Gasteiger partial charge in [-0.15, -0.1) is 0 Å². The minimum Gasteiger partial charge on any atom is -0.456 e. The summed E-state index contributed by atoms with van der Waals surface area (Å²) in [6.07, 6.45) is 0. The Balaban J connectivity index is 1.25. The van der Waals surface area contributed by atoms with Crippen LogP contribution in [0.1, 0.15) is 0 Å². The van der Waals surface area contributed by atoms with E-state index in [9.17, 15) is 0 Å². The fourth-order valence-electron chi connectivity index (χ4n) is 4.85. The molecule has 3 aromatic rings. The number of rotatable bonds is 4. The molecule has 2 aliphatic rings. The maximum atomic E-state index is 6.25. The van der Waals surface area contributed by atoms with Crippen molar-refractivity contribution in [1.29, 1.82) is 0 Å². The largest absolute Gasteiger partial charge is 0.456 e. The molecule has 0 radical (unpaired) electrons. The molecule has 0 saturated carbocycles. The van der Waals surface area contributed by atoms with E-state index in [-0.39, 0.29) is 0 Å². The first-order valence-corrected chi connectivity index (χ1v) is 12.2. The van der Waals surface area contributed by atoms with E-state index in [1.165, 1.54) is 37.6 Å². The van der Waals surface area contributed by atoms with E-state index in [2.05, 4.69) is 98.7 Å². The van der Waals surface area contributed by atoms with Crippen molar-refractivity contribution in [2.75, 3.05) is 90.3 Å². The summed E-state index contributed by atoms with van der Waals surface area (Å²) < 4.78 is 8.47. The Labute approximate surface area is 198 Å². The molecule has 0 atom stereocenters. The van der Waals surface area contributed by atoms with Gasteiger partial charge in [0.05, 0.1) is 80.5 Å². The fourth-order valence-corrected chi connectivity index (χ4v) is 4.85. The van der Waals surface area contributed by atoms with Crippen LogP contribution in [-0.4, -0.2) is 89.5 Å². The lowest BCUT2D eigenvalue weighted by Gasteiger charge is -2.40. The summed E-state index contributed by atoms with van der Waals surface area (Å²) in [4.78, 5) is 4.98. The van der Waals surface area contributed by atoms with Crippen LogP contribution in [0.3, 0.4) is 0 Å². The van der Waals surface area contributed by atoms with E-state index >= 15 is 0 Å². The zero-order valence-corrected chi connectivity index (χ0v) is 20.6. The number of likely N-dealkylation sites (N-methyl/N-ethyl adjacent to an activating group) is 2. The third-order valence-corrected chi connectivity index (χ3v) is 7.54. The Kier molecular flexibility index (Phi) is 5.71. The molecule has 5 nitrogen and oxygen atoms in total. The van der Waals surface area contributed by atoms with Crippen molar-refractivity contribution >= 4 is 11.4 Å². The summed E-state index contributed by atoms with van der Waals surface area (Å²) in [7, 11) is 9.26. The summed E-state index contributed by atoms with van der Waals surface area (Å²) in [5, 5.41) is 0. The van der Waals surface area contributed by atoms with Crippen molar-refractivity contribution < 1.29 is 13.4 Å². The normalized spacial score (nSPS) is 20.1. The molecule has 3 heterocycles. The molecule has 174 valence electrons. The van der Waals surface area contributed by atoms with Crippen LogP contribution in [0, 0.1) is 0 Å². The molecular weight excluding hydrogens is 408 g/mol. The van der Waals surface area contributed by atoms with Gasteiger partial charge in [0, 0.05) is 22.5 Å². The van der Waals surface area contributed by atoms with Crippen molar-refractivity contribution in [3.05, 3.63) is 60.7 Å². The number of quaternary nitrogens is 2. The highest BCUT2D eigenvalue weighted by Crippen LogP contribution is 2.31. The SMILES string of the molecule is C[N+]1(C)CCN(c2ccc(-c3ccc(-c4ccc(N5CC[N+](C)(C)CC5)cc4)o3)cc2)CC1. The highest BCUT2D eigenvalue weighted by atomic mass is 16.3. The molecule has 5 rings (SSSR count). The van der Waals surface area contributed by atoms with Gasteiger partial charge in [0.15, 0.2) is 0 Å². The first-order valence-electron chi connectivity index (χ1n) is 12.2. The second kappa shape index (κ2) is 8.54. The zero-order chi connectivity index (χ0) is 23.1. The molecular formula is C28H38N4O+2. The summed E-state index contributed by atoms with van der Waals surface area (Å²) in [6, 6.07) is 21.8. The molecule has 0 spiro atoms. The van der Waals surface area contributed by atoms with E-state index in [1.807, 2.05) is 0 Å². The molecule has 2 aromatic carbocycles. The van der Waals surface area contributed by atoms with Gasteiger partial charge in [-0.2, -0.15) is 0 Å². The topological polar surface area (TPSA) is 19.6 Å². The van der Waals surface area contributed by atoms with Crippen LogP contribution >= 0.6 is 0 Å². The van der Waals surface area contributed by atoms with E-state index in [4.69, 9.17) is 4.42 Å². The summed E-state index contributed by atoms with van der Waals surface area (Å²) >= 11 is 0. The standard InChI is InChI=1S/C28H38N4O/c1-31(2)19-15-29(16-20-31)25-9-5-23(6-10-25)27-13-14-28(33-27)24-7-11-26(12-8-24)30-17-21-32(3,4)22-18-30/h5-14H,15-22H2,1-4H3/q+2. The van der Waals surface area contributed by atoms with Crippen LogP contribution in [0.2, 0.25) is 0 Å². The smallest absolute Gasteiger partial charge is 0.134 e. The molecule has 33 heavy (non-hydrogen) atoms. The second-order valence-corrected chi connectivity index (χ2v) is 11.0. The van der Waals surface area contributed by atoms with Crippen molar-refractivity contribution in [2.45, 2.75) is 0 Å². The van der Waals surface area contributed by atoms with Crippen molar-refractivity contribution in [2.24, 2.45) is 0 Å². The maximum Gasteiger partial charge on any atom is 0.134 e. The Bertz CT molecular complexity index is 976. The van der Waals surface area contributed by atoms with Gasteiger partial charge >= 0.3 is 0 Å². The molecule has 5 heteroatoms. The molecule has 1 aromatic heterocycles. The number of hydrogen-bond acceptors (Lipinski definition) is 3. The quantitative estimate of drug-likeness (QED) is 0.554. The summed E-state index contributed by atoms with van der Waals surface area (Å²) in [5.41, 5.74) is 4.87. The Morgan fingerprint density at radius 3 is 1.18 bits per heavy atom. The van der Waals surface area contributed by atoms with Crippen LogP contribution in [0.4, 0.5) is 11.4 Å². The highest BCUT2D eigenvalue weighted by molar-refractivity contribution is 5.68. The fraction of sp³-hybridized carbons (Fsp3) is 0.429. The Hall–Kier alpha value is -2.76. The third kappa shape index (κ3) is 4.94. The van der Waals surface area contributed by atoms with Crippen molar-refractivity contribution in [1.82, 2.24) is 0 Å².